The number of carbonyl (C=O) groups is 1. The first kappa shape index (κ1) is 12.0. The Balaban J connectivity index is 2.18. The minimum Gasteiger partial charge on any atom is -0.488 e. The van der Waals surface area contributed by atoms with Crippen LogP contribution in [0.1, 0.15) is 15.9 Å². The van der Waals surface area contributed by atoms with Crippen molar-refractivity contribution in [3.63, 3.8) is 0 Å². The topological polar surface area (TPSA) is 78.3 Å². The van der Waals surface area contributed by atoms with Gasteiger partial charge in [0, 0.05) is 11.8 Å². The van der Waals surface area contributed by atoms with Gasteiger partial charge in [-0.25, -0.2) is 0 Å². The zero-order valence-corrected chi connectivity index (χ0v) is 9.80. The van der Waals surface area contributed by atoms with Crippen LogP contribution in [0.3, 0.4) is 0 Å². The fourth-order valence-electron chi connectivity index (χ4n) is 1.60. The zero-order chi connectivity index (χ0) is 13.0. The number of amides is 1. The number of carbonyl (C=O) groups excluding carboxylic acids is 1. The predicted molar refractivity (Wildman–Crippen MR) is 70.1 cm³/mol. The SMILES string of the molecule is NC(=O)c1ccc(N)cc1OCc1ccccc1. The van der Waals surface area contributed by atoms with Gasteiger partial charge in [-0.15, -0.1) is 0 Å². The van der Waals surface area contributed by atoms with Gasteiger partial charge in [-0.1, -0.05) is 30.3 Å². The monoisotopic (exact) mass is 242 g/mol. The Hall–Kier alpha value is -2.49. The van der Waals surface area contributed by atoms with Gasteiger partial charge in [0.05, 0.1) is 5.56 Å². The predicted octanol–water partition coefficient (Wildman–Crippen LogP) is 1.95. The summed E-state index contributed by atoms with van der Waals surface area (Å²) in [6.45, 7) is 0.366. The molecule has 4 N–H and O–H groups in total. The summed E-state index contributed by atoms with van der Waals surface area (Å²) >= 11 is 0. The van der Waals surface area contributed by atoms with Gasteiger partial charge in [-0.3, -0.25) is 4.79 Å². The summed E-state index contributed by atoms with van der Waals surface area (Å²) in [6.07, 6.45) is 0. The number of primary amides is 1. The molecule has 4 heteroatoms. The van der Waals surface area contributed by atoms with Gasteiger partial charge in [-0.05, 0) is 17.7 Å². The lowest BCUT2D eigenvalue weighted by Crippen LogP contribution is -2.13. The Morgan fingerprint density at radius 2 is 1.83 bits per heavy atom. The molecule has 0 heterocycles. The molecule has 2 aromatic carbocycles. The minimum absolute atomic E-state index is 0.333. The van der Waals surface area contributed by atoms with Gasteiger partial charge in [0.25, 0.3) is 5.91 Å². The van der Waals surface area contributed by atoms with Gasteiger partial charge in [0.15, 0.2) is 0 Å². The number of ether oxygens (including phenoxy) is 1. The van der Waals surface area contributed by atoms with E-state index in [1.165, 1.54) is 0 Å². The number of hydrogen-bond donors (Lipinski definition) is 2. The van der Waals surface area contributed by atoms with Crippen molar-refractivity contribution in [2.24, 2.45) is 5.73 Å². The van der Waals surface area contributed by atoms with Crippen molar-refractivity contribution >= 4 is 11.6 Å². The maximum atomic E-state index is 11.2. The van der Waals surface area contributed by atoms with Crippen LogP contribution in [-0.4, -0.2) is 5.91 Å². The van der Waals surface area contributed by atoms with Crippen LogP contribution in [0.15, 0.2) is 48.5 Å². The van der Waals surface area contributed by atoms with Crippen LogP contribution in [0, 0.1) is 0 Å². The summed E-state index contributed by atoms with van der Waals surface area (Å²) < 4.78 is 5.58. The molecule has 0 unspecified atom stereocenters. The number of anilines is 1. The second-order valence-electron chi connectivity index (χ2n) is 3.89. The third-order valence-corrected chi connectivity index (χ3v) is 2.51. The van der Waals surface area contributed by atoms with Crippen LogP contribution in [0.4, 0.5) is 5.69 Å². The minimum atomic E-state index is -0.530. The fraction of sp³-hybridized carbons (Fsp3) is 0.0714. The fourth-order valence-corrected chi connectivity index (χ4v) is 1.60. The van der Waals surface area contributed by atoms with Crippen LogP contribution < -0.4 is 16.2 Å². The van der Waals surface area contributed by atoms with Gasteiger partial charge in [0.2, 0.25) is 0 Å². The second kappa shape index (κ2) is 5.23. The molecule has 0 saturated carbocycles. The molecule has 0 aromatic heterocycles. The van der Waals surface area contributed by atoms with Crippen LogP contribution in [0.25, 0.3) is 0 Å². The second-order valence-corrected chi connectivity index (χ2v) is 3.89. The molecular weight excluding hydrogens is 228 g/mol. The Kier molecular flexibility index (Phi) is 3.48. The molecular formula is C14H14N2O2. The molecule has 0 fully saturated rings. The smallest absolute Gasteiger partial charge is 0.252 e. The Morgan fingerprint density at radius 1 is 1.11 bits per heavy atom. The van der Waals surface area contributed by atoms with Crippen LogP contribution in [0.5, 0.6) is 5.75 Å². The largest absolute Gasteiger partial charge is 0.488 e. The maximum absolute atomic E-state index is 11.2. The number of nitrogen functional groups attached to an aromatic ring is 1. The summed E-state index contributed by atoms with van der Waals surface area (Å²) in [5.41, 5.74) is 12.8. The van der Waals surface area contributed by atoms with Crippen LogP contribution >= 0.6 is 0 Å². The first-order valence-electron chi connectivity index (χ1n) is 5.53. The molecule has 0 aliphatic heterocycles. The molecule has 0 radical (unpaired) electrons. The normalized spacial score (nSPS) is 10.0. The van der Waals surface area contributed by atoms with Crippen molar-refractivity contribution in [1.82, 2.24) is 0 Å². The van der Waals surface area contributed by atoms with Crippen molar-refractivity contribution < 1.29 is 9.53 Å². The van der Waals surface area contributed by atoms with Crippen molar-refractivity contribution in [3.8, 4) is 5.75 Å². The first-order valence-corrected chi connectivity index (χ1v) is 5.53. The van der Waals surface area contributed by atoms with Gasteiger partial charge in [-0.2, -0.15) is 0 Å². The van der Waals surface area contributed by atoms with Crippen molar-refractivity contribution in [1.29, 1.82) is 0 Å². The molecule has 0 spiro atoms. The van der Waals surface area contributed by atoms with Gasteiger partial charge in [0.1, 0.15) is 12.4 Å². The molecule has 4 nitrogen and oxygen atoms in total. The lowest BCUT2D eigenvalue weighted by Gasteiger charge is -2.10. The van der Waals surface area contributed by atoms with E-state index in [9.17, 15) is 4.79 Å². The summed E-state index contributed by atoms with van der Waals surface area (Å²) in [5, 5.41) is 0. The van der Waals surface area contributed by atoms with Crippen molar-refractivity contribution in [2.75, 3.05) is 5.73 Å². The average Bonchev–Trinajstić information content (AvgIpc) is 2.37. The summed E-state index contributed by atoms with van der Waals surface area (Å²) in [4.78, 5) is 11.2. The van der Waals surface area contributed by atoms with E-state index in [0.29, 0.717) is 23.6 Å². The van der Waals surface area contributed by atoms with Gasteiger partial charge < -0.3 is 16.2 Å². The lowest BCUT2D eigenvalue weighted by atomic mass is 10.1. The van der Waals surface area contributed by atoms with E-state index in [1.54, 1.807) is 18.2 Å². The number of benzene rings is 2. The van der Waals surface area contributed by atoms with Crippen molar-refractivity contribution in [2.45, 2.75) is 6.61 Å². The molecule has 2 rings (SSSR count). The molecule has 2 aromatic rings. The molecule has 0 aliphatic rings. The van der Waals surface area contributed by atoms with E-state index in [0.717, 1.165) is 5.56 Å². The molecule has 18 heavy (non-hydrogen) atoms. The van der Waals surface area contributed by atoms with Gasteiger partial charge >= 0.3 is 0 Å². The number of rotatable bonds is 4. The quantitative estimate of drug-likeness (QED) is 0.804. The van der Waals surface area contributed by atoms with E-state index in [-0.39, 0.29) is 0 Å². The highest BCUT2D eigenvalue weighted by Gasteiger charge is 2.09. The highest BCUT2D eigenvalue weighted by atomic mass is 16.5. The van der Waals surface area contributed by atoms with Crippen molar-refractivity contribution in [3.05, 3.63) is 59.7 Å². The van der Waals surface area contributed by atoms with E-state index in [2.05, 4.69) is 0 Å². The number of hydrogen-bond acceptors (Lipinski definition) is 3. The average molecular weight is 242 g/mol. The highest BCUT2D eigenvalue weighted by Crippen LogP contribution is 2.22. The third-order valence-electron chi connectivity index (χ3n) is 2.51. The number of nitrogens with two attached hydrogens (primary N) is 2. The zero-order valence-electron chi connectivity index (χ0n) is 9.80. The Labute approximate surface area is 105 Å². The van der Waals surface area contributed by atoms with E-state index < -0.39 is 5.91 Å². The van der Waals surface area contributed by atoms with Crippen LogP contribution in [-0.2, 0) is 6.61 Å². The first-order chi connectivity index (χ1) is 8.66. The molecule has 92 valence electrons. The van der Waals surface area contributed by atoms with E-state index in [1.807, 2.05) is 30.3 Å². The molecule has 0 atom stereocenters. The van der Waals surface area contributed by atoms with Crippen LogP contribution in [0.2, 0.25) is 0 Å². The maximum Gasteiger partial charge on any atom is 0.252 e. The van der Waals surface area contributed by atoms with E-state index in [4.69, 9.17) is 16.2 Å². The summed E-state index contributed by atoms with van der Waals surface area (Å²) in [6, 6.07) is 14.4. The lowest BCUT2D eigenvalue weighted by molar-refractivity contribution is 0.0996. The molecule has 0 aliphatic carbocycles. The summed E-state index contributed by atoms with van der Waals surface area (Å²) in [5.74, 6) is -0.121. The standard InChI is InChI=1S/C14H14N2O2/c15-11-6-7-12(14(16)17)13(8-11)18-9-10-4-2-1-3-5-10/h1-8H,9,15H2,(H2,16,17). The molecule has 0 bridgehead atoms. The summed E-state index contributed by atoms with van der Waals surface area (Å²) in [7, 11) is 0. The highest BCUT2D eigenvalue weighted by molar-refractivity contribution is 5.96. The molecule has 1 amide bonds. The third kappa shape index (κ3) is 2.79. The molecule has 0 saturated heterocycles. The Bertz CT molecular complexity index is 553. The van der Waals surface area contributed by atoms with E-state index >= 15 is 0 Å². The Morgan fingerprint density at radius 3 is 2.50 bits per heavy atom.